The molecule has 1 N–H and O–H groups in total. The summed E-state index contributed by atoms with van der Waals surface area (Å²) in [5.41, 5.74) is 21.4. The molecule has 0 aliphatic carbocycles. The largest absolute Gasteiger partial charge is 0.468 e. The molecule has 456 valence electrons. The molecule has 2 unspecified atom stereocenters. The van der Waals surface area contributed by atoms with Crippen LogP contribution in [0.15, 0.2) is 121 Å². The molecule has 0 saturated carbocycles. The number of aliphatic hydroxyl groups is 1. The monoisotopic (exact) mass is 1160 g/mol. The van der Waals surface area contributed by atoms with Crippen LogP contribution < -0.4 is 0 Å². The Hall–Kier alpha value is -5.69. The second-order valence-corrected chi connectivity index (χ2v) is 32.3. The highest BCUT2D eigenvalue weighted by Crippen LogP contribution is 2.45. The lowest BCUT2D eigenvalue weighted by molar-refractivity contribution is -0.191. The third-order valence-corrected chi connectivity index (χ3v) is 23.5. The fourth-order valence-corrected chi connectivity index (χ4v) is 13.5. The quantitative estimate of drug-likeness (QED) is 0.0369. The summed E-state index contributed by atoms with van der Waals surface area (Å²) in [6.07, 6.45) is 11.3. The summed E-state index contributed by atoms with van der Waals surface area (Å²) in [6.45, 7) is 46.6. The van der Waals surface area contributed by atoms with Crippen LogP contribution in [0.4, 0.5) is 0 Å². The van der Waals surface area contributed by atoms with Crippen LogP contribution in [0, 0.1) is 38.5 Å². The lowest BCUT2D eigenvalue weighted by Gasteiger charge is -2.43. The fraction of sp³-hybridized carbons (Fsp3) is 0.506. The zero-order valence-electron chi connectivity index (χ0n) is 55.8. The summed E-state index contributed by atoms with van der Waals surface area (Å²) < 4.78 is 11.8. The van der Waals surface area contributed by atoms with E-state index in [0.717, 1.165) is 69.8 Å². The molecule has 6 nitrogen and oxygen atoms in total. The molecule has 6 aromatic rings. The molecule has 2 atom stereocenters. The number of aryl methyl sites for hydroxylation is 7. The van der Waals surface area contributed by atoms with Crippen LogP contribution in [0.5, 0.6) is 0 Å². The minimum absolute atomic E-state index is 0.0109. The van der Waals surface area contributed by atoms with Gasteiger partial charge in [-0.25, -0.2) is 0 Å². The summed E-state index contributed by atoms with van der Waals surface area (Å²) in [7, 11) is -1.85. The second kappa shape index (κ2) is 31.1. The van der Waals surface area contributed by atoms with Gasteiger partial charge in [-0.2, -0.15) is 9.59 Å². The van der Waals surface area contributed by atoms with E-state index in [1.807, 2.05) is 0 Å². The molecule has 0 aromatic heterocycles. The highest BCUT2D eigenvalue weighted by molar-refractivity contribution is 6.74. The molecule has 0 spiro atoms. The number of benzene rings is 6. The van der Waals surface area contributed by atoms with Gasteiger partial charge in [-0.3, -0.25) is 4.79 Å². The molecule has 0 saturated heterocycles. The molecule has 0 fully saturated rings. The van der Waals surface area contributed by atoms with Crippen molar-refractivity contribution in [1.29, 1.82) is 0 Å². The highest BCUT2D eigenvalue weighted by Gasteiger charge is 2.42. The highest BCUT2D eigenvalue weighted by atomic mass is 28.4. The number of aliphatic hydroxyl groups excluding tert-OH is 1. The van der Waals surface area contributed by atoms with Crippen molar-refractivity contribution in [1.82, 2.24) is 0 Å². The molecule has 0 amide bonds. The summed E-state index contributed by atoms with van der Waals surface area (Å²) in [6, 6.07) is 46.2. The number of ether oxygens (including phenoxy) is 1. The Balaban J connectivity index is 0.000000347. The maximum Gasteiger partial charge on any atom is 0.373 e. The van der Waals surface area contributed by atoms with Crippen molar-refractivity contribution in [2.75, 3.05) is 6.61 Å². The van der Waals surface area contributed by atoms with Gasteiger partial charge in [0.05, 0.1) is 18.8 Å². The predicted octanol–water partition coefficient (Wildman–Crippen LogP) is 19.9. The standard InChI is InChI=1S/C41H62OSi.C35H46O3.CO2/c1-14-17-32-18-20-34(21-19-32)37-26-25-36(29-31(37)5)41(15-2,16-3)35-24-22-33(30(4)28-35)23-27-38(39(6,7)8)42-43(12,13)40(9,10)11;1-8-35(9-2,30-16-14-28(25(3)22-30)15-19-33(37)34(5,6)7)31-17-18-32(26(4)23-31)29-12-10-27(11-13-29)20-21-38-24-36;2-1-3/h18-22,24-26,28-29,38H,14-17,23,27H2,1-13H3;10-14,16-18,22-24,33,37H,8-9,15,19-21H2,1-7H3;. The molecule has 6 rings (SSSR count). The third-order valence-electron chi connectivity index (χ3n) is 19.0. The minimum atomic E-state index is -1.85. The average molecular weight is 1160 g/mol. The van der Waals surface area contributed by atoms with Crippen LogP contribution in [0.1, 0.15) is 209 Å². The van der Waals surface area contributed by atoms with Gasteiger partial charge in [0.1, 0.15) is 0 Å². The summed E-state index contributed by atoms with van der Waals surface area (Å²) in [5.74, 6) is 0. The Kier molecular flexibility index (Phi) is 26.2. The van der Waals surface area contributed by atoms with E-state index in [-0.39, 0.29) is 45.1 Å². The van der Waals surface area contributed by atoms with E-state index in [9.17, 15) is 9.90 Å². The van der Waals surface area contributed by atoms with Crippen molar-refractivity contribution >= 4 is 20.9 Å². The van der Waals surface area contributed by atoms with E-state index < -0.39 is 8.32 Å². The molecule has 6 aromatic carbocycles. The van der Waals surface area contributed by atoms with Gasteiger partial charge in [-0.1, -0.05) is 225 Å². The Morgan fingerprint density at radius 2 is 0.869 bits per heavy atom. The minimum Gasteiger partial charge on any atom is -0.468 e. The normalized spacial score (nSPS) is 13.0. The van der Waals surface area contributed by atoms with Crippen LogP contribution in [0.25, 0.3) is 22.3 Å². The Bertz CT molecular complexity index is 3040. The molecular formula is C77H108O6Si. The molecule has 0 aliphatic rings. The van der Waals surface area contributed by atoms with Crippen LogP contribution >= 0.6 is 0 Å². The van der Waals surface area contributed by atoms with Crippen molar-refractivity contribution in [3.8, 4) is 22.3 Å². The molecule has 0 radical (unpaired) electrons. The van der Waals surface area contributed by atoms with E-state index in [1.165, 1.54) is 89.9 Å². The van der Waals surface area contributed by atoms with Crippen LogP contribution in [-0.2, 0) is 60.1 Å². The van der Waals surface area contributed by atoms with E-state index in [4.69, 9.17) is 18.8 Å². The van der Waals surface area contributed by atoms with Crippen LogP contribution in [0.2, 0.25) is 18.1 Å². The summed E-state index contributed by atoms with van der Waals surface area (Å²) in [4.78, 5) is 26.6. The second-order valence-electron chi connectivity index (χ2n) is 27.6. The molecule has 84 heavy (non-hydrogen) atoms. The zero-order valence-corrected chi connectivity index (χ0v) is 56.8. The first kappa shape index (κ1) is 70.8. The summed E-state index contributed by atoms with van der Waals surface area (Å²) >= 11 is 0. The molecule has 0 aliphatic heterocycles. The summed E-state index contributed by atoms with van der Waals surface area (Å²) in [5, 5.41) is 10.7. The number of carbonyl (C=O) groups is 1. The number of hydrogen-bond acceptors (Lipinski definition) is 6. The van der Waals surface area contributed by atoms with Crippen molar-refractivity contribution in [3.05, 3.63) is 188 Å². The molecule has 0 bridgehead atoms. The van der Waals surface area contributed by atoms with Crippen molar-refractivity contribution in [2.45, 2.75) is 236 Å². The first-order valence-electron chi connectivity index (χ1n) is 31.5. The predicted molar refractivity (Wildman–Crippen MR) is 357 cm³/mol. The lowest BCUT2D eigenvalue weighted by atomic mass is 9.69. The van der Waals surface area contributed by atoms with Gasteiger partial charge in [0.25, 0.3) is 6.47 Å². The first-order chi connectivity index (χ1) is 39.4. The van der Waals surface area contributed by atoms with Gasteiger partial charge in [-0.15, -0.1) is 0 Å². The third kappa shape index (κ3) is 18.2. The number of hydrogen-bond donors (Lipinski definition) is 1. The first-order valence-corrected chi connectivity index (χ1v) is 34.4. The van der Waals surface area contributed by atoms with Crippen molar-refractivity contribution in [2.24, 2.45) is 10.8 Å². The van der Waals surface area contributed by atoms with Crippen molar-refractivity contribution < 1.29 is 28.7 Å². The van der Waals surface area contributed by atoms with Gasteiger partial charge >= 0.3 is 6.15 Å². The van der Waals surface area contributed by atoms with Crippen molar-refractivity contribution in [3.63, 3.8) is 0 Å². The lowest BCUT2D eigenvalue weighted by Crippen LogP contribution is -2.47. The van der Waals surface area contributed by atoms with E-state index >= 15 is 0 Å². The van der Waals surface area contributed by atoms with Crippen LogP contribution in [-0.4, -0.2) is 44.9 Å². The molecule has 7 heteroatoms. The van der Waals surface area contributed by atoms with Crippen LogP contribution in [0.3, 0.4) is 0 Å². The molecular weight excluding hydrogens is 1050 g/mol. The smallest absolute Gasteiger partial charge is 0.373 e. The fourth-order valence-electron chi connectivity index (χ4n) is 12.0. The maximum atomic E-state index is 10.5. The topological polar surface area (TPSA) is 89.9 Å². The van der Waals surface area contributed by atoms with E-state index in [0.29, 0.717) is 13.1 Å². The Morgan fingerprint density at radius 3 is 1.19 bits per heavy atom. The average Bonchev–Trinajstić information content (AvgIpc) is 1.87. The van der Waals surface area contributed by atoms with Gasteiger partial charge in [0.15, 0.2) is 8.32 Å². The van der Waals surface area contributed by atoms with E-state index in [2.05, 4.69) is 259 Å². The Labute approximate surface area is 511 Å². The van der Waals surface area contributed by atoms with Gasteiger partial charge in [-0.05, 0) is 203 Å². The number of carbonyl (C=O) groups excluding carboxylic acids is 3. The van der Waals surface area contributed by atoms with Gasteiger partial charge in [0, 0.05) is 17.3 Å². The molecule has 0 heterocycles. The Morgan fingerprint density at radius 1 is 0.500 bits per heavy atom. The number of rotatable bonds is 24. The van der Waals surface area contributed by atoms with Gasteiger partial charge < -0.3 is 14.3 Å². The zero-order chi connectivity index (χ0) is 62.8. The SMILES string of the molecule is CCC(CC)(c1ccc(CCC(O)C(C)(C)C)c(C)c1)c1ccc(-c2ccc(CCOC=O)cc2)c(C)c1.CCCc1ccc(-c2ccc(C(CC)(CC)c3ccc(CCC(O[Si](C)(C)C(C)(C)C)C(C)(C)C)c(C)c3)cc2C)cc1.O=C=O. The maximum absolute atomic E-state index is 10.5. The van der Waals surface area contributed by atoms with E-state index in [1.54, 1.807) is 0 Å². The van der Waals surface area contributed by atoms with Gasteiger partial charge in [0.2, 0.25) is 0 Å².